The lowest BCUT2D eigenvalue weighted by molar-refractivity contribution is 0.483. The summed E-state index contributed by atoms with van der Waals surface area (Å²) in [5, 5.41) is 9.96. The highest BCUT2D eigenvalue weighted by Crippen LogP contribution is 2.10. The van der Waals surface area contributed by atoms with Crippen LogP contribution in [0.4, 0.5) is 0 Å². The number of aromatic nitrogens is 3. The third-order valence-electron chi connectivity index (χ3n) is 4.79. The normalized spacial score (nSPS) is 14.2. The summed E-state index contributed by atoms with van der Waals surface area (Å²) in [6.45, 7) is 5.97. The highest BCUT2D eigenvalue weighted by Gasteiger charge is 2.16. The predicted octanol–water partition coefficient (Wildman–Crippen LogP) is 1.97. The predicted molar refractivity (Wildman–Crippen MR) is 111 cm³/mol. The summed E-state index contributed by atoms with van der Waals surface area (Å²) in [4.78, 5) is 20.6. The average Bonchev–Trinajstić information content (AvgIpc) is 3.31. The van der Waals surface area contributed by atoms with Crippen LogP contribution in [-0.4, -0.2) is 51.9 Å². The minimum absolute atomic E-state index is 0.0358. The van der Waals surface area contributed by atoms with E-state index in [1.54, 1.807) is 16.0 Å². The number of nitrogens with zero attached hydrogens (tertiary/aromatic N) is 5. The van der Waals surface area contributed by atoms with Crippen molar-refractivity contribution in [2.75, 3.05) is 26.7 Å². The molecule has 2 aromatic rings. The molecule has 0 saturated carbocycles. The number of nitrogens with one attached hydrogen (secondary N) is 1. The molecule has 0 unspecified atom stereocenters. The molecule has 0 aromatic carbocycles. The van der Waals surface area contributed by atoms with Crippen molar-refractivity contribution >= 4 is 17.3 Å². The molecule has 0 spiro atoms. The van der Waals surface area contributed by atoms with Crippen LogP contribution in [0.25, 0.3) is 0 Å². The first-order chi connectivity index (χ1) is 13.2. The second-order valence-corrected chi connectivity index (χ2v) is 7.90. The third kappa shape index (κ3) is 5.22. The van der Waals surface area contributed by atoms with Gasteiger partial charge in [0.05, 0.1) is 0 Å². The summed E-state index contributed by atoms with van der Waals surface area (Å²) >= 11 is 1.79. The molecular weight excluding hydrogens is 360 g/mol. The molecule has 0 aliphatic carbocycles. The fraction of sp³-hybridized carbons (Fsp3) is 0.632. The number of thiophene rings is 1. The van der Waals surface area contributed by atoms with Crippen LogP contribution in [0.1, 0.15) is 36.9 Å². The van der Waals surface area contributed by atoms with Gasteiger partial charge in [-0.25, -0.2) is 9.48 Å². The molecule has 0 saturated heterocycles. The monoisotopic (exact) mass is 390 g/mol. The van der Waals surface area contributed by atoms with Gasteiger partial charge >= 0.3 is 5.69 Å². The molecule has 7 nitrogen and oxygen atoms in total. The molecule has 1 N–H and O–H groups in total. The SMILES string of the molecule is CCNC(=NCCCn1nc2n(c1=O)CCCC2)N(C)CCc1cccs1. The van der Waals surface area contributed by atoms with Gasteiger partial charge in [-0.1, -0.05) is 6.07 Å². The maximum atomic E-state index is 12.4. The van der Waals surface area contributed by atoms with Gasteiger partial charge in [-0.2, -0.15) is 5.10 Å². The first kappa shape index (κ1) is 19.7. The van der Waals surface area contributed by atoms with E-state index in [9.17, 15) is 4.79 Å². The van der Waals surface area contributed by atoms with Crippen molar-refractivity contribution in [3.63, 3.8) is 0 Å². The lowest BCUT2D eigenvalue weighted by Gasteiger charge is -2.21. The summed E-state index contributed by atoms with van der Waals surface area (Å²) < 4.78 is 3.44. The second-order valence-electron chi connectivity index (χ2n) is 6.87. The van der Waals surface area contributed by atoms with Crippen LogP contribution in [0.2, 0.25) is 0 Å². The van der Waals surface area contributed by atoms with Crippen molar-refractivity contribution in [3.8, 4) is 0 Å². The molecule has 8 heteroatoms. The van der Waals surface area contributed by atoms with Crippen LogP contribution >= 0.6 is 11.3 Å². The molecule has 0 bridgehead atoms. The Morgan fingerprint density at radius 1 is 1.44 bits per heavy atom. The van der Waals surface area contributed by atoms with Gasteiger partial charge < -0.3 is 10.2 Å². The summed E-state index contributed by atoms with van der Waals surface area (Å²) in [5.41, 5.74) is 0.0358. The number of likely N-dealkylation sites (N-methyl/N-ethyl adjacent to an activating group) is 1. The summed E-state index contributed by atoms with van der Waals surface area (Å²) in [6.07, 6.45) is 4.95. The van der Waals surface area contributed by atoms with E-state index in [1.807, 2.05) is 4.57 Å². The maximum absolute atomic E-state index is 12.4. The van der Waals surface area contributed by atoms with Gasteiger partial charge in [0.1, 0.15) is 5.82 Å². The topological polar surface area (TPSA) is 67.5 Å². The fourth-order valence-electron chi connectivity index (χ4n) is 3.31. The molecule has 0 atom stereocenters. The van der Waals surface area contributed by atoms with Crippen molar-refractivity contribution in [2.24, 2.45) is 4.99 Å². The largest absolute Gasteiger partial charge is 0.357 e. The van der Waals surface area contributed by atoms with Crippen LogP contribution < -0.4 is 11.0 Å². The zero-order valence-corrected chi connectivity index (χ0v) is 17.2. The number of aryl methyl sites for hydroxylation is 2. The van der Waals surface area contributed by atoms with Gasteiger partial charge in [0.2, 0.25) is 0 Å². The van der Waals surface area contributed by atoms with Crippen molar-refractivity contribution < 1.29 is 0 Å². The molecule has 3 rings (SSSR count). The Balaban J connectivity index is 1.51. The molecule has 0 amide bonds. The average molecular weight is 391 g/mol. The molecule has 1 aliphatic rings. The quantitative estimate of drug-likeness (QED) is 0.425. The van der Waals surface area contributed by atoms with Crippen LogP contribution in [0.15, 0.2) is 27.3 Å². The number of hydrogen-bond acceptors (Lipinski definition) is 4. The molecule has 148 valence electrons. The van der Waals surface area contributed by atoms with Crippen molar-refractivity contribution in [1.29, 1.82) is 0 Å². The Bertz CT molecular complexity index is 792. The minimum atomic E-state index is 0.0358. The lowest BCUT2D eigenvalue weighted by Crippen LogP contribution is -2.40. The van der Waals surface area contributed by atoms with Crippen molar-refractivity contribution in [3.05, 3.63) is 38.7 Å². The zero-order valence-electron chi connectivity index (χ0n) is 16.4. The van der Waals surface area contributed by atoms with E-state index in [4.69, 9.17) is 4.99 Å². The van der Waals surface area contributed by atoms with E-state index < -0.39 is 0 Å². The first-order valence-corrected chi connectivity index (χ1v) is 10.8. The zero-order chi connectivity index (χ0) is 19.1. The number of hydrogen-bond donors (Lipinski definition) is 1. The Kier molecular flexibility index (Phi) is 7.09. The Hall–Kier alpha value is -2.09. The number of fused-ring (bicyclic) bond motifs is 1. The van der Waals surface area contributed by atoms with E-state index in [2.05, 4.69) is 46.8 Å². The van der Waals surface area contributed by atoms with Gasteiger partial charge in [-0.15, -0.1) is 11.3 Å². The first-order valence-electron chi connectivity index (χ1n) is 9.87. The van der Waals surface area contributed by atoms with Crippen molar-refractivity contribution in [1.82, 2.24) is 24.6 Å². The van der Waals surface area contributed by atoms with Crippen LogP contribution in [0.5, 0.6) is 0 Å². The van der Waals surface area contributed by atoms with E-state index in [1.165, 1.54) is 4.88 Å². The van der Waals surface area contributed by atoms with Gasteiger partial charge in [0.15, 0.2) is 5.96 Å². The van der Waals surface area contributed by atoms with Crippen LogP contribution in [0, 0.1) is 0 Å². The van der Waals surface area contributed by atoms with Gasteiger partial charge in [0, 0.05) is 51.1 Å². The lowest BCUT2D eigenvalue weighted by atomic mass is 10.2. The van der Waals surface area contributed by atoms with Gasteiger partial charge in [-0.3, -0.25) is 9.56 Å². The van der Waals surface area contributed by atoms with Crippen LogP contribution in [-0.2, 0) is 25.9 Å². The van der Waals surface area contributed by atoms with Crippen LogP contribution in [0.3, 0.4) is 0 Å². The summed E-state index contributed by atoms with van der Waals surface area (Å²) in [7, 11) is 2.07. The Morgan fingerprint density at radius 2 is 2.33 bits per heavy atom. The minimum Gasteiger partial charge on any atom is -0.357 e. The second kappa shape index (κ2) is 9.73. The maximum Gasteiger partial charge on any atom is 0.345 e. The number of aliphatic imine (C=N–C) groups is 1. The molecule has 3 heterocycles. The van der Waals surface area contributed by atoms with E-state index in [0.29, 0.717) is 13.1 Å². The summed E-state index contributed by atoms with van der Waals surface area (Å²) in [6, 6.07) is 4.26. The molecular formula is C19H30N6OS. The Labute approximate surface area is 164 Å². The fourth-order valence-corrected chi connectivity index (χ4v) is 4.01. The highest BCUT2D eigenvalue weighted by atomic mass is 32.1. The highest BCUT2D eigenvalue weighted by molar-refractivity contribution is 7.09. The van der Waals surface area contributed by atoms with E-state index >= 15 is 0 Å². The standard InChI is InChI=1S/C19H30N6OS/c1-3-20-18(23(2)14-10-16-8-6-15-27-16)21-11-7-13-25-19(26)24-12-5-4-9-17(24)22-25/h6,8,15H,3-5,7,9-14H2,1-2H3,(H,20,21). The molecule has 2 aromatic heterocycles. The molecule has 0 fully saturated rings. The van der Waals surface area contributed by atoms with E-state index in [-0.39, 0.29) is 5.69 Å². The van der Waals surface area contributed by atoms with Gasteiger partial charge in [0.25, 0.3) is 0 Å². The molecule has 1 aliphatic heterocycles. The smallest absolute Gasteiger partial charge is 0.345 e. The third-order valence-corrected chi connectivity index (χ3v) is 5.73. The molecule has 27 heavy (non-hydrogen) atoms. The van der Waals surface area contributed by atoms with Crippen molar-refractivity contribution in [2.45, 2.75) is 52.1 Å². The number of guanidine groups is 1. The Morgan fingerprint density at radius 3 is 3.07 bits per heavy atom. The molecule has 0 radical (unpaired) electrons. The summed E-state index contributed by atoms with van der Waals surface area (Å²) in [5.74, 6) is 1.86. The number of rotatable bonds is 8. The van der Waals surface area contributed by atoms with E-state index in [0.717, 1.165) is 63.5 Å². The van der Waals surface area contributed by atoms with Gasteiger partial charge in [-0.05, 0) is 44.1 Å².